The van der Waals surface area contributed by atoms with Crippen molar-refractivity contribution in [2.45, 2.75) is 38.1 Å². The Morgan fingerprint density at radius 1 is 1.33 bits per heavy atom. The van der Waals surface area contributed by atoms with Crippen molar-refractivity contribution in [2.24, 2.45) is 0 Å². The Balaban J connectivity index is 1.66. The van der Waals surface area contributed by atoms with Gasteiger partial charge in [-0.3, -0.25) is 0 Å². The van der Waals surface area contributed by atoms with E-state index in [0.717, 1.165) is 11.7 Å². The summed E-state index contributed by atoms with van der Waals surface area (Å²) < 4.78 is 0. The van der Waals surface area contributed by atoms with Gasteiger partial charge in [-0.05, 0) is 38.6 Å². The van der Waals surface area contributed by atoms with Gasteiger partial charge in [0.1, 0.15) is 0 Å². The summed E-state index contributed by atoms with van der Waals surface area (Å²) in [6.07, 6.45) is 6.30. The normalized spacial score (nSPS) is 25.2. The molecule has 82 valence electrons. The number of thiazole rings is 1. The van der Waals surface area contributed by atoms with E-state index in [2.05, 4.69) is 15.6 Å². The summed E-state index contributed by atoms with van der Waals surface area (Å²) in [6.45, 7) is 2.26. The third-order valence-electron chi connectivity index (χ3n) is 3.22. The van der Waals surface area contributed by atoms with Crippen LogP contribution in [0.4, 0.5) is 5.13 Å². The van der Waals surface area contributed by atoms with Crippen LogP contribution in [0.1, 0.15) is 29.8 Å². The van der Waals surface area contributed by atoms with Crippen molar-refractivity contribution >= 4 is 16.5 Å². The van der Waals surface area contributed by atoms with Crippen LogP contribution in [0.2, 0.25) is 0 Å². The maximum atomic E-state index is 4.66. The first kappa shape index (κ1) is 9.60. The van der Waals surface area contributed by atoms with E-state index in [-0.39, 0.29) is 0 Å². The molecule has 4 heteroatoms. The number of anilines is 1. The fourth-order valence-electron chi connectivity index (χ4n) is 2.40. The van der Waals surface area contributed by atoms with Gasteiger partial charge < -0.3 is 10.6 Å². The summed E-state index contributed by atoms with van der Waals surface area (Å²) in [7, 11) is 0. The summed E-state index contributed by atoms with van der Waals surface area (Å²) >= 11 is 1.87. The Bertz CT molecular complexity index is 320. The summed E-state index contributed by atoms with van der Waals surface area (Å²) in [4.78, 5) is 6.18. The average Bonchev–Trinajstić information content (AvgIpc) is 2.79. The largest absolute Gasteiger partial charge is 0.357 e. The number of hydrogen-bond acceptors (Lipinski definition) is 4. The second-order valence-electron chi connectivity index (χ2n) is 4.43. The number of aromatic nitrogens is 1. The molecule has 1 unspecified atom stereocenters. The Morgan fingerprint density at radius 2 is 2.33 bits per heavy atom. The molecule has 1 fully saturated rings. The van der Waals surface area contributed by atoms with Gasteiger partial charge in [0, 0.05) is 17.5 Å². The number of piperidine rings is 1. The van der Waals surface area contributed by atoms with E-state index < -0.39 is 0 Å². The Labute approximate surface area is 94.3 Å². The van der Waals surface area contributed by atoms with Gasteiger partial charge in [0.15, 0.2) is 5.13 Å². The highest BCUT2D eigenvalue weighted by atomic mass is 32.1. The highest BCUT2D eigenvalue weighted by Crippen LogP contribution is 2.30. The fourth-order valence-corrected chi connectivity index (χ4v) is 3.53. The first-order valence-electron chi connectivity index (χ1n) is 5.87. The minimum absolute atomic E-state index is 0.588. The fraction of sp³-hybridized carbons (Fsp3) is 0.727. The molecule has 3 rings (SSSR count). The van der Waals surface area contributed by atoms with Gasteiger partial charge in [0.05, 0.1) is 5.69 Å². The first-order chi connectivity index (χ1) is 7.42. The maximum absolute atomic E-state index is 4.66. The maximum Gasteiger partial charge on any atom is 0.183 e. The van der Waals surface area contributed by atoms with Gasteiger partial charge in [0.25, 0.3) is 0 Å². The first-order valence-corrected chi connectivity index (χ1v) is 6.69. The highest BCUT2D eigenvalue weighted by Gasteiger charge is 2.19. The van der Waals surface area contributed by atoms with E-state index in [4.69, 9.17) is 0 Å². The molecule has 0 aromatic carbocycles. The molecule has 1 saturated heterocycles. The molecule has 1 aromatic heterocycles. The van der Waals surface area contributed by atoms with Crippen LogP contribution < -0.4 is 10.6 Å². The number of rotatable bonds is 2. The van der Waals surface area contributed by atoms with E-state index in [9.17, 15) is 0 Å². The summed E-state index contributed by atoms with van der Waals surface area (Å²) in [6, 6.07) is 0.588. The SMILES string of the molecule is C1Cc2nc(NC3CCCNC3)sc2C1. The van der Waals surface area contributed by atoms with Crippen LogP contribution in [0.5, 0.6) is 0 Å². The summed E-state index contributed by atoms with van der Waals surface area (Å²) in [5, 5.41) is 8.12. The number of fused-ring (bicyclic) bond motifs is 1. The molecular formula is C11H17N3S. The standard InChI is InChI=1S/C11H17N3S/c1-4-9-10(5-1)15-11(14-9)13-8-3-2-6-12-7-8/h8,12H,1-7H2,(H,13,14). The zero-order valence-electron chi connectivity index (χ0n) is 8.88. The lowest BCUT2D eigenvalue weighted by Gasteiger charge is -2.23. The van der Waals surface area contributed by atoms with Crippen molar-refractivity contribution in [1.29, 1.82) is 0 Å². The van der Waals surface area contributed by atoms with Crippen LogP contribution in [-0.2, 0) is 12.8 Å². The lowest BCUT2D eigenvalue weighted by molar-refractivity contribution is 0.479. The van der Waals surface area contributed by atoms with Gasteiger partial charge in [0.2, 0.25) is 0 Å². The highest BCUT2D eigenvalue weighted by molar-refractivity contribution is 7.15. The molecule has 0 bridgehead atoms. The van der Waals surface area contributed by atoms with Crippen LogP contribution >= 0.6 is 11.3 Å². The summed E-state index contributed by atoms with van der Waals surface area (Å²) in [5.41, 5.74) is 1.35. The van der Waals surface area contributed by atoms with Crippen LogP contribution in [0, 0.1) is 0 Å². The lowest BCUT2D eigenvalue weighted by atomic mass is 10.1. The zero-order valence-corrected chi connectivity index (χ0v) is 9.70. The van der Waals surface area contributed by atoms with Gasteiger partial charge in [-0.25, -0.2) is 4.98 Å². The second-order valence-corrected chi connectivity index (χ2v) is 5.51. The Morgan fingerprint density at radius 3 is 3.13 bits per heavy atom. The lowest BCUT2D eigenvalue weighted by Crippen LogP contribution is -2.38. The predicted molar refractivity (Wildman–Crippen MR) is 63.7 cm³/mol. The average molecular weight is 223 g/mol. The van der Waals surface area contributed by atoms with E-state index >= 15 is 0 Å². The number of hydrogen-bond donors (Lipinski definition) is 2. The van der Waals surface area contributed by atoms with Gasteiger partial charge in [-0.1, -0.05) is 0 Å². The van der Waals surface area contributed by atoms with Crippen molar-refractivity contribution in [2.75, 3.05) is 18.4 Å². The Kier molecular flexibility index (Phi) is 2.63. The quantitative estimate of drug-likeness (QED) is 0.802. The smallest absolute Gasteiger partial charge is 0.183 e. The Hall–Kier alpha value is -0.610. The van der Waals surface area contributed by atoms with E-state index in [1.165, 1.54) is 49.2 Å². The molecule has 2 aliphatic rings. The third kappa shape index (κ3) is 2.01. The molecule has 1 aromatic rings. The van der Waals surface area contributed by atoms with Crippen molar-refractivity contribution < 1.29 is 0 Å². The molecule has 0 amide bonds. The van der Waals surface area contributed by atoms with Gasteiger partial charge in [-0.15, -0.1) is 11.3 Å². The van der Waals surface area contributed by atoms with E-state index in [0.29, 0.717) is 6.04 Å². The van der Waals surface area contributed by atoms with Crippen LogP contribution in [0.25, 0.3) is 0 Å². The molecule has 3 nitrogen and oxygen atoms in total. The molecule has 1 atom stereocenters. The van der Waals surface area contributed by atoms with Crippen molar-refractivity contribution in [3.8, 4) is 0 Å². The minimum Gasteiger partial charge on any atom is -0.357 e. The van der Waals surface area contributed by atoms with Crippen LogP contribution in [0.15, 0.2) is 0 Å². The molecule has 1 aliphatic carbocycles. The molecule has 0 spiro atoms. The molecule has 2 N–H and O–H groups in total. The van der Waals surface area contributed by atoms with Gasteiger partial charge >= 0.3 is 0 Å². The molecule has 0 radical (unpaired) electrons. The summed E-state index contributed by atoms with van der Waals surface area (Å²) in [5.74, 6) is 0. The topological polar surface area (TPSA) is 37.0 Å². The molecule has 0 saturated carbocycles. The predicted octanol–water partition coefficient (Wildman–Crippen LogP) is 1.80. The van der Waals surface area contributed by atoms with E-state index in [1.54, 1.807) is 0 Å². The van der Waals surface area contributed by atoms with Crippen molar-refractivity contribution in [3.63, 3.8) is 0 Å². The van der Waals surface area contributed by atoms with Crippen LogP contribution in [0.3, 0.4) is 0 Å². The monoisotopic (exact) mass is 223 g/mol. The number of nitrogens with one attached hydrogen (secondary N) is 2. The molecule has 15 heavy (non-hydrogen) atoms. The number of nitrogens with zero attached hydrogens (tertiary/aromatic N) is 1. The second kappa shape index (κ2) is 4.10. The zero-order chi connectivity index (χ0) is 10.1. The minimum atomic E-state index is 0.588. The van der Waals surface area contributed by atoms with Gasteiger partial charge in [-0.2, -0.15) is 0 Å². The third-order valence-corrected chi connectivity index (χ3v) is 4.31. The van der Waals surface area contributed by atoms with Crippen molar-refractivity contribution in [3.05, 3.63) is 10.6 Å². The number of aryl methyl sites for hydroxylation is 2. The molecule has 2 heterocycles. The molecular weight excluding hydrogens is 206 g/mol. The van der Waals surface area contributed by atoms with Crippen LogP contribution in [-0.4, -0.2) is 24.1 Å². The van der Waals surface area contributed by atoms with E-state index in [1.807, 2.05) is 11.3 Å². The molecule has 1 aliphatic heterocycles. The van der Waals surface area contributed by atoms with Crippen molar-refractivity contribution in [1.82, 2.24) is 10.3 Å².